The number of azo groups is 1. The predicted molar refractivity (Wildman–Crippen MR) is 102 cm³/mol. The number of nitrogens with zero attached hydrogens (tertiary/aromatic N) is 2. The van der Waals surface area contributed by atoms with E-state index >= 15 is 0 Å². The Bertz CT molecular complexity index is 817. The van der Waals surface area contributed by atoms with E-state index in [4.69, 9.17) is 10.8 Å². The molecule has 0 heterocycles. The molecule has 7 heteroatoms. The van der Waals surface area contributed by atoms with Crippen LogP contribution in [0.5, 0.6) is 0 Å². The number of aliphatic carboxylic acids is 2. The fraction of sp³-hybridized carbons (Fsp3) is 0.200. The lowest BCUT2D eigenvalue weighted by molar-refractivity contribution is -0.143. The average Bonchev–Trinajstić information content (AvgIpc) is 2.67. The molecule has 0 aliphatic rings. The van der Waals surface area contributed by atoms with Gasteiger partial charge in [-0.15, -0.1) is 0 Å². The van der Waals surface area contributed by atoms with Crippen LogP contribution in [0.2, 0.25) is 0 Å². The highest BCUT2D eigenvalue weighted by atomic mass is 16.4. The molecule has 0 radical (unpaired) electrons. The van der Waals surface area contributed by atoms with Crippen LogP contribution in [-0.2, 0) is 9.59 Å². The molecular weight excluding hydrogens is 346 g/mol. The Labute approximate surface area is 156 Å². The summed E-state index contributed by atoms with van der Waals surface area (Å²) in [6.07, 6.45) is 3.56. The quantitative estimate of drug-likeness (QED) is 0.577. The maximum absolute atomic E-state index is 11.2. The molecule has 0 saturated carbocycles. The molecule has 2 aromatic carbocycles. The van der Waals surface area contributed by atoms with Gasteiger partial charge in [-0.25, -0.2) is 0 Å². The third kappa shape index (κ3) is 6.83. The molecule has 0 amide bonds. The van der Waals surface area contributed by atoms with E-state index in [1.807, 2.05) is 42.5 Å². The second-order valence-corrected chi connectivity index (χ2v) is 5.98. The number of hydrogen-bond donors (Lipinski definition) is 3. The van der Waals surface area contributed by atoms with Gasteiger partial charge in [-0.05, 0) is 42.7 Å². The number of rotatable bonds is 9. The van der Waals surface area contributed by atoms with E-state index in [1.54, 1.807) is 24.3 Å². The molecule has 0 aliphatic carbocycles. The first-order chi connectivity index (χ1) is 13.0. The molecule has 0 saturated heterocycles. The van der Waals surface area contributed by atoms with E-state index in [2.05, 4.69) is 10.2 Å². The minimum atomic E-state index is -1.20. The van der Waals surface area contributed by atoms with Gasteiger partial charge in [-0.3, -0.25) is 9.59 Å². The van der Waals surface area contributed by atoms with Crippen LogP contribution in [0.3, 0.4) is 0 Å². The average molecular weight is 367 g/mol. The zero-order valence-corrected chi connectivity index (χ0v) is 14.6. The Kier molecular flexibility index (Phi) is 7.39. The van der Waals surface area contributed by atoms with Gasteiger partial charge in [0, 0.05) is 0 Å². The number of benzene rings is 2. The van der Waals surface area contributed by atoms with Crippen LogP contribution in [0, 0.1) is 5.92 Å². The van der Waals surface area contributed by atoms with Crippen molar-refractivity contribution in [3.8, 4) is 0 Å². The van der Waals surface area contributed by atoms with Gasteiger partial charge in [0.1, 0.15) is 6.04 Å². The van der Waals surface area contributed by atoms with E-state index in [0.717, 1.165) is 11.3 Å². The summed E-state index contributed by atoms with van der Waals surface area (Å²) in [5.74, 6) is -3.11. The largest absolute Gasteiger partial charge is 0.481 e. The summed E-state index contributed by atoms with van der Waals surface area (Å²) in [5.41, 5.74) is 7.76. The first kappa shape index (κ1) is 20.0. The van der Waals surface area contributed by atoms with Crippen LogP contribution in [-0.4, -0.2) is 28.2 Å². The first-order valence-corrected chi connectivity index (χ1v) is 8.40. The van der Waals surface area contributed by atoms with E-state index in [9.17, 15) is 14.7 Å². The summed E-state index contributed by atoms with van der Waals surface area (Å²) in [4.78, 5) is 22.0. The van der Waals surface area contributed by atoms with Crippen molar-refractivity contribution in [2.24, 2.45) is 21.9 Å². The number of allylic oxidation sites excluding steroid dienone is 1. The van der Waals surface area contributed by atoms with Crippen molar-refractivity contribution in [3.63, 3.8) is 0 Å². The second kappa shape index (κ2) is 9.98. The number of carboxylic acid groups (broad SMARTS) is 2. The van der Waals surface area contributed by atoms with Gasteiger partial charge in [-0.2, -0.15) is 10.2 Å². The lowest BCUT2D eigenvalue weighted by atomic mass is 9.96. The van der Waals surface area contributed by atoms with Crippen molar-refractivity contribution in [3.05, 3.63) is 66.2 Å². The highest BCUT2D eigenvalue weighted by Crippen LogP contribution is 2.19. The second-order valence-electron chi connectivity index (χ2n) is 5.98. The van der Waals surface area contributed by atoms with Crippen molar-refractivity contribution in [1.29, 1.82) is 0 Å². The minimum absolute atomic E-state index is 0.117. The lowest BCUT2D eigenvalue weighted by Crippen LogP contribution is -2.34. The van der Waals surface area contributed by atoms with Crippen LogP contribution in [0.25, 0.3) is 6.08 Å². The number of carboxylic acids is 2. The van der Waals surface area contributed by atoms with Gasteiger partial charge >= 0.3 is 11.9 Å². The normalized spacial score (nSPS) is 13.7. The third-order valence-corrected chi connectivity index (χ3v) is 3.87. The maximum Gasteiger partial charge on any atom is 0.320 e. The molecule has 0 fully saturated rings. The molecule has 140 valence electrons. The Balaban J connectivity index is 1.93. The zero-order valence-electron chi connectivity index (χ0n) is 14.6. The molecule has 4 N–H and O–H groups in total. The van der Waals surface area contributed by atoms with E-state index in [0.29, 0.717) is 5.69 Å². The highest BCUT2D eigenvalue weighted by molar-refractivity contribution is 5.76. The molecule has 0 unspecified atom stereocenters. The molecule has 0 aromatic heterocycles. The van der Waals surface area contributed by atoms with Crippen LogP contribution in [0.15, 0.2) is 70.9 Å². The summed E-state index contributed by atoms with van der Waals surface area (Å²) in [5, 5.41) is 26.3. The van der Waals surface area contributed by atoms with Crippen molar-refractivity contribution in [1.82, 2.24) is 0 Å². The van der Waals surface area contributed by atoms with Gasteiger partial charge < -0.3 is 15.9 Å². The Morgan fingerprint density at radius 3 is 2.07 bits per heavy atom. The molecule has 2 rings (SSSR count). The van der Waals surface area contributed by atoms with Crippen molar-refractivity contribution >= 4 is 29.4 Å². The van der Waals surface area contributed by atoms with Crippen molar-refractivity contribution in [2.75, 3.05) is 0 Å². The SMILES string of the molecule is N[C@@H](C[C@@H](C/C=C/c1ccc(/N=N/c2ccccc2)cc1)C(=O)O)C(=O)O. The van der Waals surface area contributed by atoms with Gasteiger partial charge in [0.05, 0.1) is 17.3 Å². The summed E-state index contributed by atoms with van der Waals surface area (Å²) in [6, 6.07) is 15.5. The molecule has 0 bridgehead atoms. The predicted octanol–water partition coefficient (Wildman–Crippen LogP) is 4.01. The number of hydrogen-bond acceptors (Lipinski definition) is 5. The molecule has 0 aliphatic heterocycles. The lowest BCUT2D eigenvalue weighted by Gasteiger charge is -2.12. The fourth-order valence-corrected chi connectivity index (χ4v) is 2.34. The van der Waals surface area contributed by atoms with Crippen LogP contribution in [0.4, 0.5) is 11.4 Å². The van der Waals surface area contributed by atoms with Gasteiger partial charge in [-0.1, -0.05) is 42.5 Å². The zero-order chi connectivity index (χ0) is 19.6. The highest BCUT2D eigenvalue weighted by Gasteiger charge is 2.23. The standard InChI is InChI=1S/C20H21N3O4/c21-18(20(26)27)13-15(19(24)25)6-4-5-14-9-11-17(12-10-14)23-22-16-7-2-1-3-8-16/h1-5,7-12,15,18H,6,13,21H2,(H,24,25)(H,26,27)/b5-4+,23-22+/t15-,18+/m1/s1. The Morgan fingerprint density at radius 2 is 1.52 bits per heavy atom. The summed E-state index contributed by atoms with van der Waals surface area (Å²) in [7, 11) is 0. The minimum Gasteiger partial charge on any atom is -0.481 e. The van der Waals surface area contributed by atoms with Gasteiger partial charge in [0.2, 0.25) is 0 Å². The molecule has 2 aromatic rings. The first-order valence-electron chi connectivity index (χ1n) is 8.40. The Morgan fingerprint density at radius 1 is 0.926 bits per heavy atom. The third-order valence-electron chi connectivity index (χ3n) is 3.87. The topological polar surface area (TPSA) is 125 Å². The van der Waals surface area contributed by atoms with E-state index < -0.39 is 23.9 Å². The number of nitrogens with two attached hydrogens (primary N) is 1. The summed E-state index contributed by atoms with van der Waals surface area (Å²) >= 11 is 0. The van der Waals surface area contributed by atoms with Crippen LogP contribution in [0.1, 0.15) is 18.4 Å². The van der Waals surface area contributed by atoms with Crippen LogP contribution < -0.4 is 5.73 Å². The molecule has 0 spiro atoms. The molecule has 27 heavy (non-hydrogen) atoms. The van der Waals surface area contributed by atoms with Crippen LogP contribution >= 0.6 is 0 Å². The molecular formula is C20H21N3O4. The Hall–Kier alpha value is -3.32. The molecule has 7 nitrogen and oxygen atoms in total. The summed E-state index contributed by atoms with van der Waals surface area (Å²) in [6.45, 7) is 0. The van der Waals surface area contributed by atoms with Gasteiger partial charge in [0.25, 0.3) is 0 Å². The smallest absolute Gasteiger partial charge is 0.320 e. The van der Waals surface area contributed by atoms with Crippen molar-refractivity contribution in [2.45, 2.75) is 18.9 Å². The van der Waals surface area contributed by atoms with E-state index in [1.165, 1.54) is 0 Å². The number of carbonyl (C=O) groups is 2. The summed E-state index contributed by atoms with van der Waals surface area (Å²) < 4.78 is 0. The monoisotopic (exact) mass is 367 g/mol. The maximum atomic E-state index is 11.2. The fourth-order valence-electron chi connectivity index (χ4n) is 2.34. The van der Waals surface area contributed by atoms with Crippen molar-refractivity contribution < 1.29 is 19.8 Å². The van der Waals surface area contributed by atoms with E-state index in [-0.39, 0.29) is 12.8 Å². The van der Waals surface area contributed by atoms with Gasteiger partial charge in [0.15, 0.2) is 0 Å². The molecule has 2 atom stereocenters.